The van der Waals surface area contributed by atoms with E-state index in [1.807, 2.05) is 32.0 Å². The summed E-state index contributed by atoms with van der Waals surface area (Å²) in [5.74, 6) is 1.34. The number of ether oxygens (including phenoxy) is 2. The number of aryl methyl sites for hydroxylation is 1. The monoisotopic (exact) mass is 393 g/mol. The van der Waals surface area contributed by atoms with Crippen LogP contribution in [0.5, 0.6) is 11.5 Å². The third-order valence-corrected chi connectivity index (χ3v) is 7.00. The van der Waals surface area contributed by atoms with Crippen molar-refractivity contribution in [2.45, 2.75) is 50.6 Å². The zero-order chi connectivity index (χ0) is 19.8. The van der Waals surface area contributed by atoms with Crippen molar-refractivity contribution >= 4 is 10.0 Å². The number of nitrogens with zero attached hydrogens (tertiary/aromatic N) is 3. The molecule has 0 unspecified atom stereocenters. The summed E-state index contributed by atoms with van der Waals surface area (Å²) in [4.78, 5) is 0.268. The molecule has 0 aliphatic carbocycles. The van der Waals surface area contributed by atoms with Crippen LogP contribution < -0.4 is 9.47 Å². The van der Waals surface area contributed by atoms with Crippen molar-refractivity contribution < 1.29 is 17.9 Å². The van der Waals surface area contributed by atoms with E-state index >= 15 is 0 Å². The molecule has 0 bridgehead atoms. The Morgan fingerprint density at radius 3 is 2.56 bits per heavy atom. The first-order valence-corrected chi connectivity index (χ1v) is 10.5. The Labute approximate surface area is 160 Å². The molecule has 2 heterocycles. The van der Waals surface area contributed by atoms with Crippen molar-refractivity contribution in [2.24, 2.45) is 0 Å². The van der Waals surface area contributed by atoms with Crippen LogP contribution in [0.2, 0.25) is 0 Å². The summed E-state index contributed by atoms with van der Waals surface area (Å²) in [5, 5.41) is 4.37. The fourth-order valence-corrected chi connectivity index (χ4v) is 5.38. The summed E-state index contributed by atoms with van der Waals surface area (Å²) < 4.78 is 40.9. The Morgan fingerprint density at radius 2 is 1.96 bits per heavy atom. The molecule has 148 valence electrons. The van der Waals surface area contributed by atoms with Crippen LogP contribution in [0.25, 0.3) is 0 Å². The maximum absolute atomic E-state index is 13.4. The summed E-state index contributed by atoms with van der Waals surface area (Å²) in [7, 11) is -0.481. The molecule has 27 heavy (non-hydrogen) atoms. The van der Waals surface area contributed by atoms with Gasteiger partial charge in [-0.25, -0.2) is 8.42 Å². The smallest absolute Gasteiger partial charge is 0.247 e. The molecule has 1 aliphatic heterocycles. The molecule has 0 radical (unpaired) electrons. The van der Waals surface area contributed by atoms with E-state index in [0.29, 0.717) is 23.7 Å². The standard InChI is InChI=1S/C19H27N3O4S/c1-13(2)21-12-19(14(3)20-21)27(23,24)22-10-6-7-17(22)16-11-15(25-4)8-9-18(16)26-5/h8-9,11-13,17H,6-7,10H2,1-5H3/t17-/m0/s1. The molecule has 0 spiro atoms. The van der Waals surface area contributed by atoms with E-state index in [1.54, 1.807) is 36.3 Å². The molecule has 1 atom stereocenters. The highest BCUT2D eigenvalue weighted by Crippen LogP contribution is 2.42. The van der Waals surface area contributed by atoms with Gasteiger partial charge in [0, 0.05) is 24.3 Å². The SMILES string of the molecule is COc1ccc(OC)c([C@@H]2CCCN2S(=O)(=O)c2cn(C(C)C)nc2C)c1. The fourth-order valence-electron chi connectivity index (χ4n) is 3.55. The Balaban J connectivity index is 2.04. The molecule has 1 saturated heterocycles. The second kappa shape index (κ2) is 7.52. The van der Waals surface area contributed by atoms with E-state index in [-0.39, 0.29) is 17.0 Å². The highest BCUT2D eigenvalue weighted by Gasteiger charge is 2.39. The first-order chi connectivity index (χ1) is 12.8. The van der Waals surface area contributed by atoms with Crippen molar-refractivity contribution in [1.82, 2.24) is 14.1 Å². The van der Waals surface area contributed by atoms with E-state index < -0.39 is 10.0 Å². The lowest BCUT2D eigenvalue weighted by Gasteiger charge is -2.25. The zero-order valence-corrected chi connectivity index (χ0v) is 17.3. The lowest BCUT2D eigenvalue weighted by atomic mass is 10.0. The van der Waals surface area contributed by atoms with Gasteiger partial charge in [0.2, 0.25) is 10.0 Å². The van der Waals surface area contributed by atoms with E-state index in [0.717, 1.165) is 18.4 Å². The molecule has 1 aliphatic rings. The van der Waals surface area contributed by atoms with E-state index in [4.69, 9.17) is 9.47 Å². The molecule has 0 N–H and O–H groups in total. The number of hydrogen-bond donors (Lipinski definition) is 0. The van der Waals surface area contributed by atoms with Crippen LogP contribution in [0, 0.1) is 6.92 Å². The van der Waals surface area contributed by atoms with Gasteiger partial charge in [0.05, 0.1) is 26.0 Å². The predicted molar refractivity (Wildman–Crippen MR) is 103 cm³/mol. The molecular weight excluding hydrogens is 366 g/mol. The van der Waals surface area contributed by atoms with Crippen LogP contribution in [0.1, 0.15) is 50.0 Å². The molecule has 0 amide bonds. The average molecular weight is 394 g/mol. The molecular formula is C19H27N3O4S. The van der Waals surface area contributed by atoms with Gasteiger partial charge < -0.3 is 9.47 Å². The molecule has 0 saturated carbocycles. The Bertz CT molecular complexity index is 921. The minimum Gasteiger partial charge on any atom is -0.497 e. The average Bonchev–Trinajstić information content (AvgIpc) is 3.28. The summed E-state index contributed by atoms with van der Waals surface area (Å²) in [6.07, 6.45) is 3.16. The third kappa shape index (κ3) is 3.55. The van der Waals surface area contributed by atoms with Gasteiger partial charge in [-0.3, -0.25) is 4.68 Å². The van der Waals surface area contributed by atoms with Gasteiger partial charge in [-0.15, -0.1) is 0 Å². The first kappa shape index (κ1) is 19.7. The lowest BCUT2D eigenvalue weighted by molar-refractivity contribution is 0.361. The zero-order valence-electron chi connectivity index (χ0n) is 16.5. The van der Waals surface area contributed by atoms with Gasteiger partial charge in [0.15, 0.2) is 0 Å². The molecule has 1 aromatic heterocycles. The van der Waals surface area contributed by atoms with Crippen molar-refractivity contribution in [3.05, 3.63) is 35.7 Å². The number of hydrogen-bond acceptors (Lipinski definition) is 5. The van der Waals surface area contributed by atoms with Crippen LogP contribution in [0.15, 0.2) is 29.3 Å². The largest absolute Gasteiger partial charge is 0.497 e. The molecule has 8 heteroatoms. The van der Waals surface area contributed by atoms with Gasteiger partial charge in [0.1, 0.15) is 16.4 Å². The fraction of sp³-hybridized carbons (Fsp3) is 0.526. The van der Waals surface area contributed by atoms with Gasteiger partial charge in [-0.2, -0.15) is 9.40 Å². The molecule has 1 fully saturated rings. The highest BCUT2D eigenvalue weighted by atomic mass is 32.2. The van der Waals surface area contributed by atoms with Crippen molar-refractivity contribution in [3.63, 3.8) is 0 Å². The van der Waals surface area contributed by atoms with Crippen molar-refractivity contribution in [2.75, 3.05) is 20.8 Å². The molecule has 3 rings (SSSR count). The van der Waals surface area contributed by atoms with Gasteiger partial charge in [0.25, 0.3) is 0 Å². The summed E-state index contributed by atoms with van der Waals surface area (Å²) in [6, 6.07) is 5.30. The Hall–Kier alpha value is -2.06. The van der Waals surface area contributed by atoms with Crippen molar-refractivity contribution in [1.29, 1.82) is 0 Å². The van der Waals surface area contributed by atoms with E-state index in [9.17, 15) is 8.42 Å². The van der Waals surface area contributed by atoms with Gasteiger partial charge >= 0.3 is 0 Å². The predicted octanol–water partition coefficient (Wildman–Crippen LogP) is 3.32. The van der Waals surface area contributed by atoms with Crippen LogP contribution in [0.3, 0.4) is 0 Å². The van der Waals surface area contributed by atoms with Crippen LogP contribution in [0.4, 0.5) is 0 Å². The number of aromatic nitrogens is 2. The van der Waals surface area contributed by atoms with E-state index in [1.165, 1.54) is 0 Å². The summed E-state index contributed by atoms with van der Waals surface area (Å²) >= 11 is 0. The Kier molecular flexibility index (Phi) is 5.48. The number of benzene rings is 1. The lowest BCUT2D eigenvalue weighted by Crippen LogP contribution is -2.31. The third-order valence-electron chi connectivity index (χ3n) is 4.99. The maximum atomic E-state index is 13.4. The van der Waals surface area contributed by atoms with Crippen molar-refractivity contribution in [3.8, 4) is 11.5 Å². The second-order valence-electron chi connectivity index (χ2n) is 7.03. The summed E-state index contributed by atoms with van der Waals surface area (Å²) in [5.41, 5.74) is 1.35. The van der Waals surface area contributed by atoms with Crippen LogP contribution >= 0.6 is 0 Å². The molecule has 2 aromatic rings. The minimum absolute atomic E-state index is 0.0977. The maximum Gasteiger partial charge on any atom is 0.247 e. The van der Waals surface area contributed by atoms with Crippen LogP contribution in [-0.2, 0) is 10.0 Å². The van der Waals surface area contributed by atoms with E-state index in [2.05, 4.69) is 5.10 Å². The number of methoxy groups -OCH3 is 2. The Morgan fingerprint density at radius 1 is 1.22 bits per heavy atom. The van der Waals surface area contributed by atoms with Crippen LogP contribution in [-0.4, -0.2) is 43.3 Å². The quantitative estimate of drug-likeness (QED) is 0.753. The molecule has 1 aromatic carbocycles. The molecule has 7 nitrogen and oxygen atoms in total. The number of rotatable bonds is 6. The van der Waals surface area contributed by atoms with Gasteiger partial charge in [-0.05, 0) is 51.8 Å². The normalized spacial score (nSPS) is 18.2. The topological polar surface area (TPSA) is 73.7 Å². The number of sulfonamides is 1. The first-order valence-electron chi connectivity index (χ1n) is 9.09. The minimum atomic E-state index is -3.67. The highest BCUT2D eigenvalue weighted by molar-refractivity contribution is 7.89. The van der Waals surface area contributed by atoms with Gasteiger partial charge in [-0.1, -0.05) is 0 Å². The second-order valence-corrected chi connectivity index (χ2v) is 8.89. The summed E-state index contributed by atoms with van der Waals surface area (Å²) in [6.45, 7) is 6.16.